The van der Waals surface area contributed by atoms with E-state index in [1.165, 1.54) is 4.90 Å². The number of aryl methyl sites for hydroxylation is 1. The van der Waals surface area contributed by atoms with Gasteiger partial charge in [-0.2, -0.15) is 4.98 Å². The van der Waals surface area contributed by atoms with Gasteiger partial charge in [0.15, 0.2) is 0 Å². The minimum Gasteiger partial charge on any atom is -0.494 e. The molecule has 0 saturated heterocycles. The van der Waals surface area contributed by atoms with E-state index in [0.29, 0.717) is 35.3 Å². The van der Waals surface area contributed by atoms with Crippen LogP contribution in [0.5, 0.6) is 5.75 Å². The van der Waals surface area contributed by atoms with Gasteiger partial charge < -0.3 is 19.5 Å². The van der Waals surface area contributed by atoms with Crippen LogP contribution in [0.25, 0.3) is 11.4 Å². The van der Waals surface area contributed by atoms with Crippen LogP contribution >= 0.6 is 11.8 Å². The predicted molar refractivity (Wildman–Crippen MR) is 119 cm³/mol. The Kier molecular flexibility index (Phi) is 7.66. The van der Waals surface area contributed by atoms with Gasteiger partial charge in [-0.15, -0.1) is 0 Å². The number of nitrogens with one attached hydrogen (secondary N) is 1. The normalized spacial score (nSPS) is 10.5. The van der Waals surface area contributed by atoms with Crippen molar-refractivity contribution in [1.82, 2.24) is 15.0 Å². The molecule has 0 aliphatic rings. The number of amides is 2. The summed E-state index contributed by atoms with van der Waals surface area (Å²) < 4.78 is 10.7. The van der Waals surface area contributed by atoms with Crippen molar-refractivity contribution in [2.75, 3.05) is 26.0 Å². The number of hydrogen-bond acceptors (Lipinski definition) is 7. The quantitative estimate of drug-likeness (QED) is 0.516. The van der Waals surface area contributed by atoms with Crippen LogP contribution in [0, 0.1) is 0 Å². The minimum atomic E-state index is -0.203. The largest absolute Gasteiger partial charge is 0.494 e. The molecule has 0 unspecified atom stereocenters. The maximum absolute atomic E-state index is 12.4. The fraction of sp³-hybridized carbons (Fsp3) is 0.273. The Morgan fingerprint density at radius 3 is 2.58 bits per heavy atom. The molecule has 0 aliphatic carbocycles. The number of para-hydroxylation sites is 1. The lowest BCUT2D eigenvalue weighted by Gasteiger charge is -2.12. The monoisotopic (exact) mass is 440 g/mol. The summed E-state index contributed by atoms with van der Waals surface area (Å²) in [6, 6.07) is 14.6. The van der Waals surface area contributed by atoms with Crippen LogP contribution in [0.1, 0.15) is 19.2 Å². The molecule has 9 heteroatoms. The summed E-state index contributed by atoms with van der Waals surface area (Å²) >= 11 is 1.06. The molecular weight excluding hydrogens is 416 g/mol. The van der Waals surface area contributed by atoms with Crippen LogP contribution in [0.15, 0.2) is 57.9 Å². The standard InChI is InChI=1S/C22H24N4O4S/c1-4-29-16-11-9-15(10-12-16)21-24-20(30-25-21)14-13-19(27)23-17-7-5-6-8-18(17)31-22(28)26(2)3/h5-12H,4,13-14H2,1-3H3,(H,23,27). The number of aromatic nitrogens is 2. The molecule has 0 radical (unpaired) electrons. The SMILES string of the molecule is CCOc1ccc(-c2noc(CCC(=O)Nc3ccccc3SC(=O)N(C)C)n2)cc1. The highest BCUT2D eigenvalue weighted by molar-refractivity contribution is 8.13. The van der Waals surface area contributed by atoms with Crippen LogP contribution in [-0.4, -0.2) is 46.9 Å². The minimum absolute atomic E-state index is 0.116. The van der Waals surface area contributed by atoms with Gasteiger partial charge in [0.25, 0.3) is 5.24 Å². The summed E-state index contributed by atoms with van der Waals surface area (Å²) in [5.74, 6) is 1.41. The van der Waals surface area contributed by atoms with E-state index < -0.39 is 0 Å². The van der Waals surface area contributed by atoms with Gasteiger partial charge in [-0.25, -0.2) is 0 Å². The zero-order valence-corrected chi connectivity index (χ0v) is 18.4. The summed E-state index contributed by atoms with van der Waals surface area (Å²) in [6.45, 7) is 2.53. The fourth-order valence-electron chi connectivity index (χ4n) is 2.62. The zero-order chi connectivity index (χ0) is 22.2. The van der Waals surface area contributed by atoms with E-state index in [9.17, 15) is 9.59 Å². The first kappa shape index (κ1) is 22.4. The zero-order valence-electron chi connectivity index (χ0n) is 17.6. The lowest BCUT2D eigenvalue weighted by atomic mass is 10.2. The first-order chi connectivity index (χ1) is 15.0. The third-order valence-corrected chi connectivity index (χ3v) is 5.30. The molecule has 0 atom stereocenters. The average Bonchev–Trinajstić information content (AvgIpc) is 3.23. The van der Waals surface area contributed by atoms with Crippen molar-refractivity contribution in [2.24, 2.45) is 0 Å². The molecule has 1 heterocycles. The Bertz CT molecular complexity index is 1030. The van der Waals surface area contributed by atoms with E-state index in [1.807, 2.05) is 37.3 Å². The van der Waals surface area contributed by atoms with Crippen LogP contribution in [0.4, 0.5) is 10.5 Å². The Morgan fingerprint density at radius 1 is 1.13 bits per heavy atom. The predicted octanol–water partition coefficient (Wildman–Crippen LogP) is 4.48. The van der Waals surface area contributed by atoms with Gasteiger partial charge in [0.2, 0.25) is 17.6 Å². The molecule has 31 heavy (non-hydrogen) atoms. The van der Waals surface area contributed by atoms with E-state index in [-0.39, 0.29) is 17.6 Å². The highest BCUT2D eigenvalue weighted by Crippen LogP contribution is 2.28. The summed E-state index contributed by atoms with van der Waals surface area (Å²) in [6.07, 6.45) is 0.480. The Balaban J connectivity index is 1.57. The number of nitrogens with zero attached hydrogens (tertiary/aromatic N) is 3. The molecule has 2 aromatic carbocycles. The van der Waals surface area contributed by atoms with Crippen molar-refractivity contribution >= 4 is 28.6 Å². The number of rotatable bonds is 8. The lowest BCUT2D eigenvalue weighted by Crippen LogP contribution is -2.17. The Hall–Kier alpha value is -3.33. The number of ether oxygens (including phenoxy) is 1. The van der Waals surface area contributed by atoms with Crippen molar-refractivity contribution in [2.45, 2.75) is 24.7 Å². The van der Waals surface area contributed by atoms with Gasteiger partial charge >= 0.3 is 0 Å². The van der Waals surface area contributed by atoms with E-state index >= 15 is 0 Å². The summed E-state index contributed by atoms with van der Waals surface area (Å²) in [5, 5.41) is 6.71. The third-order valence-electron chi connectivity index (χ3n) is 4.18. The molecule has 0 saturated carbocycles. The Morgan fingerprint density at radius 2 is 1.87 bits per heavy atom. The molecular formula is C22H24N4O4S. The number of hydrogen-bond donors (Lipinski definition) is 1. The number of thioether (sulfide) groups is 1. The van der Waals surface area contributed by atoms with Crippen molar-refractivity contribution in [3.05, 3.63) is 54.4 Å². The van der Waals surface area contributed by atoms with Crippen molar-refractivity contribution in [1.29, 1.82) is 0 Å². The molecule has 3 aromatic rings. The van der Waals surface area contributed by atoms with Gasteiger partial charge in [-0.05, 0) is 55.1 Å². The first-order valence-corrected chi connectivity index (χ1v) is 10.6. The molecule has 2 amide bonds. The van der Waals surface area contributed by atoms with Crippen molar-refractivity contribution < 1.29 is 18.8 Å². The van der Waals surface area contributed by atoms with Gasteiger partial charge in [-0.1, -0.05) is 17.3 Å². The fourth-order valence-corrected chi connectivity index (χ4v) is 3.36. The molecule has 0 aliphatic heterocycles. The van der Waals surface area contributed by atoms with Crippen LogP contribution < -0.4 is 10.1 Å². The van der Waals surface area contributed by atoms with Gasteiger partial charge in [-0.3, -0.25) is 9.59 Å². The highest BCUT2D eigenvalue weighted by atomic mass is 32.2. The molecule has 162 valence electrons. The second-order valence-electron chi connectivity index (χ2n) is 6.78. The van der Waals surface area contributed by atoms with Gasteiger partial charge in [0.1, 0.15) is 5.75 Å². The number of carbonyl (C=O) groups is 2. The molecule has 0 fully saturated rings. The molecule has 0 spiro atoms. The lowest BCUT2D eigenvalue weighted by molar-refractivity contribution is -0.116. The average molecular weight is 441 g/mol. The summed E-state index contributed by atoms with van der Waals surface area (Å²) in [7, 11) is 3.37. The topological polar surface area (TPSA) is 97.6 Å². The first-order valence-electron chi connectivity index (χ1n) is 9.80. The molecule has 8 nitrogen and oxygen atoms in total. The maximum Gasteiger partial charge on any atom is 0.286 e. The second kappa shape index (κ2) is 10.6. The van der Waals surface area contributed by atoms with Crippen LogP contribution in [-0.2, 0) is 11.2 Å². The van der Waals surface area contributed by atoms with Crippen molar-refractivity contribution in [3.8, 4) is 17.1 Å². The van der Waals surface area contributed by atoms with E-state index in [2.05, 4.69) is 15.5 Å². The third kappa shape index (κ3) is 6.32. The highest BCUT2D eigenvalue weighted by Gasteiger charge is 2.14. The van der Waals surface area contributed by atoms with Crippen LogP contribution in [0.2, 0.25) is 0 Å². The van der Waals surface area contributed by atoms with Crippen molar-refractivity contribution in [3.63, 3.8) is 0 Å². The second-order valence-corrected chi connectivity index (χ2v) is 7.77. The molecule has 0 bridgehead atoms. The number of anilines is 1. The Labute approximate surface area is 185 Å². The summed E-state index contributed by atoms with van der Waals surface area (Å²) in [4.78, 5) is 30.9. The maximum atomic E-state index is 12.4. The molecule has 1 aromatic heterocycles. The number of benzene rings is 2. The van der Waals surface area contributed by atoms with E-state index in [4.69, 9.17) is 9.26 Å². The van der Waals surface area contributed by atoms with E-state index in [0.717, 1.165) is 23.1 Å². The van der Waals surface area contributed by atoms with E-state index in [1.54, 1.807) is 32.3 Å². The number of carbonyl (C=O) groups excluding carboxylic acids is 2. The molecule has 1 N–H and O–H groups in total. The van der Waals surface area contributed by atoms with Gasteiger partial charge in [0, 0.05) is 37.4 Å². The molecule has 3 rings (SSSR count). The van der Waals surface area contributed by atoms with Crippen LogP contribution in [0.3, 0.4) is 0 Å². The smallest absolute Gasteiger partial charge is 0.286 e. The van der Waals surface area contributed by atoms with Gasteiger partial charge in [0.05, 0.1) is 12.3 Å². The summed E-state index contributed by atoms with van der Waals surface area (Å²) in [5.41, 5.74) is 1.40.